The minimum absolute atomic E-state index is 0.878. The van der Waals surface area contributed by atoms with Crippen molar-refractivity contribution in [3.8, 4) is 0 Å². The van der Waals surface area contributed by atoms with Gasteiger partial charge in [-0.3, -0.25) is 0 Å². The summed E-state index contributed by atoms with van der Waals surface area (Å²) in [4.78, 5) is 0. The Kier molecular flexibility index (Phi) is 5.97. The van der Waals surface area contributed by atoms with E-state index in [0.717, 1.165) is 5.92 Å². The molecule has 1 aliphatic rings. The highest BCUT2D eigenvalue weighted by Gasteiger charge is 2.05. The largest absolute Gasteiger partial charge is 0.0883 e. The van der Waals surface area contributed by atoms with Gasteiger partial charge in [0.25, 0.3) is 0 Å². The summed E-state index contributed by atoms with van der Waals surface area (Å²) in [6.07, 6.45) is 18.2. The van der Waals surface area contributed by atoms with Crippen LogP contribution in [0.2, 0.25) is 0 Å². The summed E-state index contributed by atoms with van der Waals surface area (Å²) in [6.45, 7) is 2.23. The highest BCUT2D eigenvalue weighted by Crippen LogP contribution is 2.21. The molecule has 1 rings (SSSR count). The standard InChI is InChI=1S/C13H23/c1-2-3-7-10-13-11-8-5-4-6-9-12-13/h3,8,11,13H,2,4-7,9-10,12H2,1H3/b11-8-. The first-order valence-electron chi connectivity index (χ1n) is 5.92. The van der Waals surface area contributed by atoms with E-state index in [-0.39, 0.29) is 0 Å². The van der Waals surface area contributed by atoms with Gasteiger partial charge in [0.15, 0.2) is 0 Å². The summed E-state index contributed by atoms with van der Waals surface area (Å²) in [5.74, 6) is 0.878. The fourth-order valence-corrected chi connectivity index (χ4v) is 2.01. The van der Waals surface area contributed by atoms with Crippen molar-refractivity contribution in [1.82, 2.24) is 0 Å². The molecule has 1 atom stereocenters. The van der Waals surface area contributed by atoms with Crippen molar-refractivity contribution in [2.75, 3.05) is 0 Å². The van der Waals surface area contributed by atoms with E-state index in [1.54, 1.807) is 0 Å². The van der Waals surface area contributed by atoms with Gasteiger partial charge >= 0.3 is 0 Å². The number of unbranched alkanes of at least 4 members (excludes halogenated alkanes) is 2. The van der Waals surface area contributed by atoms with Crippen molar-refractivity contribution in [2.45, 2.75) is 58.3 Å². The van der Waals surface area contributed by atoms with E-state index in [1.165, 1.54) is 51.4 Å². The van der Waals surface area contributed by atoms with Gasteiger partial charge in [0.2, 0.25) is 0 Å². The molecule has 0 aromatic carbocycles. The number of rotatable bonds is 4. The fraction of sp³-hybridized carbons (Fsp3) is 0.769. The van der Waals surface area contributed by atoms with Crippen molar-refractivity contribution in [2.24, 2.45) is 5.92 Å². The maximum Gasteiger partial charge on any atom is -0.0233 e. The van der Waals surface area contributed by atoms with Gasteiger partial charge < -0.3 is 0 Å². The molecule has 0 aromatic heterocycles. The zero-order valence-electron chi connectivity index (χ0n) is 8.97. The quantitative estimate of drug-likeness (QED) is 0.440. The minimum Gasteiger partial charge on any atom is -0.0883 e. The Morgan fingerprint density at radius 3 is 3.08 bits per heavy atom. The van der Waals surface area contributed by atoms with Gasteiger partial charge in [0.05, 0.1) is 0 Å². The molecule has 0 saturated carbocycles. The third kappa shape index (κ3) is 5.13. The molecule has 0 nitrogen and oxygen atoms in total. The molecule has 13 heavy (non-hydrogen) atoms. The maximum absolute atomic E-state index is 2.46. The smallest absolute Gasteiger partial charge is 0.0233 e. The SMILES string of the molecule is CC[CH]CCC1/C=C\CCCCC1. The molecule has 0 fully saturated rings. The Bertz CT molecular complexity index is 135. The molecule has 0 aromatic rings. The van der Waals surface area contributed by atoms with E-state index in [9.17, 15) is 0 Å². The van der Waals surface area contributed by atoms with Crippen LogP contribution in [0.1, 0.15) is 58.3 Å². The van der Waals surface area contributed by atoms with Crippen molar-refractivity contribution in [3.05, 3.63) is 18.6 Å². The molecular formula is C13H23. The number of allylic oxidation sites excluding steroid dienone is 2. The topological polar surface area (TPSA) is 0 Å². The molecule has 0 saturated heterocycles. The molecule has 1 unspecified atom stereocenters. The normalized spacial score (nSPS) is 26.4. The monoisotopic (exact) mass is 179 g/mol. The van der Waals surface area contributed by atoms with E-state index < -0.39 is 0 Å². The van der Waals surface area contributed by atoms with E-state index in [2.05, 4.69) is 25.5 Å². The first-order chi connectivity index (χ1) is 6.43. The first kappa shape index (κ1) is 10.8. The Labute approximate surface area is 83.4 Å². The van der Waals surface area contributed by atoms with Crippen LogP contribution in [0.4, 0.5) is 0 Å². The van der Waals surface area contributed by atoms with Crippen LogP contribution in [0.3, 0.4) is 0 Å². The van der Waals surface area contributed by atoms with Crippen molar-refractivity contribution < 1.29 is 0 Å². The lowest BCUT2D eigenvalue weighted by atomic mass is 9.92. The Morgan fingerprint density at radius 2 is 2.23 bits per heavy atom. The number of hydrogen-bond donors (Lipinski definition) is 0. The molecule has 0 heteroatoms. The molecular weight excluding hydrogens is 156 g/mol. The van der Waals surface area contributed by atoms with Gasteiger partial charge in [0.1, 0.15) is 0 Å². The third-order valence-electron chi connectivity index (χ3n) is 2.88. The summed E-state index contributed by atoms with van der Waals surface area (Å²) in [7, 11) is 0. The second-order valence-corrected chi connectivity index (χ2v) is 4.10. The van der Waals surface area contributed by atoms with Gasteiger partial charge in [-0.15, -0.1) is 0 Å². The zero-order valence-corrected chi connectivity index (χ0v) is 8.97. The molecule has 0 N–H and O–H groups in total. The summed E-state index contributed by atoms with van der Waals surface area (Å²) in [5.41, 5.74) is 0. The van der Waals surface area contributed by atoms with Crippen LogP contribution in [-0.4, -0.2) is 0 Å². The fourth-order valence-electron chi connectivity index (χ4n) is 2.01. The molecule has 0 heterocycles. The molecule has 0 amide bonds. The van der Waals surface area contributed by atoms with Crippen LogP contribution in [0.25, 0.3) is 0 Å². The molecule has 0 bridgehead atoms. The second-order valence-electron chi connectivity index (χ2n) is 4.10. The lowest BCUT2D eigenvalue weighted by molar-refractivity contribution is 0.488. The Hall–Kier alpha value is -0.260. The van der Waals surface area contributed by atoms with Crippen LogP contribution in [-0.2, 0) is 0 Å². The van der Waals surface area contributed by atoms with E-state index in [1.807, 2.05) is 0 Å². The summed E-state index contributed by atoms with van der Waals surface area (Å²) in [6, 6.07) is 0. The van der Waals surface area contributed by atoms with Crippen molar-refractivity contribution >= 4 is 0 Å². The van der Waals surface area contributed by atoms with Crippen LogP contribution >= 0.6 is 0 Å². The van der Waals surface area contributed by atoms with Crippen LogP contribution in [0, 0.1) is 12.3 Å². The molecule has 1 radical (unpaired) electrons. The summed E-state index contributed by atoms with van der Waals surface area (Å²) >= 11 is 0. The van der Waals surface area contributed by atoms with Crippen molar-refractivity contribution in [3.63, 3.8) is 0 Å². The Morgan fingerprint density at radius 1 is 1.31 bits per heavy atom. The lowest BCUT2D eigenvalue weighted by Gasteiger charge is -2.14. The molecule has 0 aliphatic heterocycles. The molecule has 1 aliphatic carbocycles. The minimum atomic E-state index is 0.878. The van der Waals surface area contributed by atoms with Gasteiger partial charge in [-0.2, -0.15) is 0 Å². The van der Waals surface area contributed by atoms with Gasteiger partial charge in [-0.05, 0) is 44.4 Å². The molecule has 75 valence electrons. The second kappa shape index (κ2) is 7.17. The van der Waals surface area contributed by atoms with E-state index in [0.29, 0.717) is 0 Å². The highest BCUT2D eigenvalue weighted by molar-refractivity contribution is 4.90. The van der Waals surface area contributed by atoms with Crippen LogP contribution in [0.5, 0.6) is 0 Å². The maximum atomic E-state index is 2.46. The summed E-state index contributed by atoms with van der Waals surface area (Å²) in [5, 5.41) is 0. The van der Waals surface area contributed by atoms with Gasteiger partial charge in [0, 0.05) is 0 Å². The van der Waals surface area contributed by atoms with E-state index in [4.69, 9.17) is 0 Å². The zero-order chi connectivity index (χ0) is 9.36. The average Bonchev–Trinajstić information content (AvgIpc) is 2.08. The highest BCUT2D eigenvalue weighted by atomic mass is 14.1. The van der Waals surface area contributed by atoms with Gasteiger partial charge in [-0.25, -0.2) is 0 Å². The number of hydrogen-bond acceptors (Lipinski definition) is 0. The first-order valence-corrected chi connectivity index (χ1v) is 5.92. The predicted molar refractivity (Wildman–Crippen MR) is 59.5 cm³/mol. The third-order valence-corrected chi connectivity index (χ3v) is 2.88. The van der Waals surface area contributed by atoms with E-state index >= 15 is 0 Å². The lowest BCUT2D eigenvalue weighted by Crippen LogP contribution is -1.99. The summed E-state index contributed by atoms with van der Waals surface area (Å²) < 4.78 is 0. The average molecular weight is 179 g/mol. The van der Waals surface area contributed by atoms with Crippen LogP contribution in [0.15, 0.2) is 12.2 Å². The Balaban J connectivity index is 2.17. The molecule has 0 spiro atoms. The van der Waals surface area contributed by atoms with Crippen molar-refractivity contribution in [1.29, 1.82) is 0 Å². The predicted octanol–water partition coefficient (Wildman–Crippen LogP) is 4.52. The van der Waals surface area contributed by atoms with Crippen LogP contribution < -0.4 is 0 Å². The van der Waals surface area contributed by atoms with Gasteiger partial charge in [-0.1, -0.05) is 38.3 Å².